The SMILES string of the molecule is NCc1cccc(CS(=O)(=O)NCc2ccc(Cl)s2)c1. The number of hydrogen-bond donors (Lipinski definition) is 2. The Labute approximate surface area is 127 Å². The monoisotopic (exact) mass is 330 g/mol. The van der Waals surface area contributed by atoms with Crippen molar-refractivity contribution in [3.8, 4) is 0 Å². The van der Waals surface area contributed by atoms with Gasteiger partial charge in [0.15, 0.2) is 0 Å². The molecule has 0 aliphatic carbocycles. The molecule has 0 aliphatic rings. The number of hydrogen-bond acceptors (Lipinski definition) is 4. The number of thiophene rings is 1. The van der Waals surface area contributed by atoms with Gasteiger partial charge in [-0.3, -0.25) is 0 Å². The van der Waals surface area contributed by atoms with Crippen molar-refractivity contribution in [3.05, 3.63) is 56.7 Å². The van der Waals surface area contributed by atoms with E-state index in [4.69, 9.17) is 17.3 Å². The first-order valence-corrected chi connectivity index (χ1v) is 8.82. The Morgan fingerprint density at radius 1 is 1.20 bits per heavy atom. The predicted molar refractivity (Wildman–Crippen MR) is 83.1 cm³/mol. The fourth-order valence-electron chi connectivity index (χ4n) is 1.74. The first kappa shape index (κ1) is 15.5. The Morgan fingerprint density at radius 2 is 1.95 bits per heavy atom. The second kappa shape index (κ2) is 6.69. The zero-order chi connectivity index (χ0) is 14.6. The third-order valence-electron chi connectivity index (χ3n) is 2.68. The number of nitrogens with two attached hydrogens (primary N) is 1. The van der Waals surface area contributed by atoms with E-state index in [-0.39, 0.29) is 12.3 Å². The van der Waals surface area contributed by atoms with Gasteiger partial charge in [0.25, 0.3) is 0 Å². The number of benzene rings is 1. The van der Waals surface area contributed by atoms with E-state index >= 15 is 0 Å². The van der Waals surface area contributed by atoms with Crippen molar-refractivity contribution in [1.82, 2.24) is 4.72 Å². The summed E-state index contributed by atoms with van der Waals surface area (Å²) in [7, 11) is -3.38. The van der Waals surface area contributed by atoms with Crippen LogP contribution in [0.5, 0.6) is 0 Å². The molecule has 2 aromatic rings. The second-order valence-corrected chi connectivity index (χ2v) is 7.92. The average molecular weight is 331 g/mol. The Kier molecular flexibility index (Phi) is 5.17. The van der Waals surface area contributed by atoms with Crippen molar-refractivity contribution in [1.29, 1.82) is 0 Å². The fourth-order valence-corrected chi connectivity index (χ4v) is 3.96. The van der Waals surface area contributed by atoms with Crippen LogP contribution in [0.3, 0.4) is 0 Å². The molecular weight excluding hydrogens is 316 g/mol. The van der Waals surface area contributed by atoms with Gasteiger partial charge in [-0.2, -0.15) is 0 Å². The summed E-state index contributed by atoms with van der Waals surface area (Å²) >= 11 is 7.17. The summed E-state index contributed by atoms with van der Waals surface area (Å²) in [4.78, 5) is 0.884. The summed E-state index contributed by atoms with van der Waals surface area (Å²) in [6.45, 7) is 0.658. The molecule has 2 rings (SSSR count). The Hall–Kier alpha value is -0.920. The lowest BCUT2D eigenvalue weighted by molar-refractivity contribution is 0.581. The van der Waals surface area contributed by atoms with Crippen LogP contribution in [0.1, 0.15) is 16.0 Å². The van der Waals surface area contributed by atoms with Gasteiger partial charge >= 0.3 is 0 Å². The molecule has 1 heterocycles. The van der Waals surface area contributed by atoms with Gasteiger partial charge in [-0.1, -0.05) is 35.9 Å². The van der Waals surface area contributed by atoms with E-state index in [2.05, 4.69) is 4.72 Å². The van der Waals surface area contributed by atoms with E-state index < -0.39 is 10.0 Å². The molecule has 0 aliphatic heterocycles. The van der Waals surface area contributed by atoms with Crippen molar-refractivity contribution in [2.24, 2.45) is 5.73 Å². The molecule has 4 nitrogen and oxygen atoms in total. The molecule has 1 aromatic heterocycles. The largest absolute Gasteiger partial charge is 0.326 e. The molecule has 0 unspecified atom stereocenters. The number of halogens is 1. The number of rotatable bonds is 6. The van der Waals surface area contributed by atoms with E-state index in [9.17, 15) is 8.42 Å². The molecule has 20 heavy (non-hydrogen) atoms. The van der Waals surface area contributed by atoms with E-state index in [1.54, 1.807) is 18.2 Å². The van der Waals surface area contributed by atoms with Crippen LogP contribution in [0, 0.1) is 0 Å². The van der Waals surface area contributed by atoms with Crippen molar-refractivity contribution in [2.45, 2.75) is 18.8 Å². The van der Waals surface area contributed by atoms with Gasteiger partial charge in [-0.25, -0.2) is 13.1 Å². The van der Waals surface area contributed by atoms with E-state index in [1.165, 1.54) is 11.3 Å². The van der Waals surface area contributed by atoms with Gasteiger partial charge in [0.1, 0.15) is 0 Å². The highest BCUT2D eigenvalue weighted by atomic mass is 35.5. The summed E-state index contributed by atoms with van der Waals surface area (Å²) in [6, 6.07) is 10.8. The van der Waals surface area contributed by atoms with Gasteiger partial charge in [0.05, 0.1) is 10.1 Å². The molecule has 0 radical (unpaired) electrons. The minimum Gasteiger partial charge on any atom is -0.326 e. The molecule has 0 saturated carbocycles. The van der Waals surface area contributed by atoms with Crippen LogP contribution in [0.15, 0.2) is 36.4 Å². The summed E-state index contributed by atoms with van der Waals surface area (Å²) in [5, 5.41) is 0. The Morgan fingerprint density at radius 3 is 2.60 bits per heavy atom. The normalized spacial score (nSPS) is 11.7. The minimum atomic E-state index is -3.38. The zero-order valence-corrected chi connectivity index (χ0v) is 13.1. The maximum absolute atomic E-state index is 12.0. The number of sulfonamides is 1. The van der Waals surface area contributed by atoms with Crippen molar-refractivity contribution in [3.63, 3.8) is 0 Å². The quantitative estimate of drug-likeness (QED) is 0.854. The highest BCUT2D eigenvalue weighted by Gasteiger charge is 2.12. The maximum Gasteiger partial charge on any atom is 0.216 e. The molecule has 0 fully saturated rings. The highest BCUT2D eigenvalue weighted by Crippen LogP contribution is 2.21. The average Bonchev–Trinajstić information content (AvgIpc) is 2.82. The zero-order valence-electron chi connectivity index (χ0n) is 10.7. The first-order valence-electron chi connectivity index (χ1n) is 5.98. The molecular formula is C13H15ClN2O2S2. The van der Waals surface area contributed by atoms with E-state index in [0.29, 0.717) is 10.9 Å². The topological polar surface area (TPSA) is 72.2 Å². The van der Waals surface area contributed by atoms with Gasteiger partial charge in [0, 0.05) is 18.0 Å². The molecule has 0 atom stereocenters. The smallest absolute Gasteiger partial charge is 0.216 e. The minimum absolute atomic E-state index is 0.0556. The Bertz CT molecular complexity index is 683. The predicted octanol–water partition coefficient (Wildman–Crippen LogP) is 2.48. The van der Waals surface area contributed by atoms with E-state index in [1.807, 2.05) is 18.2 Å². The highest BCUT2D eigenvalue weighted by molar-refractivity contribution is 7.88. The van der Waals surface area contributed by atoms with Crippen LogP contribution in [0.2, 0.25) is 4.34 Å². The second-order valence-electron chi connectivity index (χ2n) is 4.31. The lowest BCUT2D eigenvalue weighted by Crippen LogP contribution is -2.24. The van der Waals surface area contributed by atoms with Crippen molar-refractivity contribution >= 4 is 33.0 Å². The van der Waals surface area contributed by atoms with Crippen LogP contribution in [-0.2, 0) is 28.9 Å². The van der Waals surface area contributed by atoms with Crippen LogP contribution in [0.25, 0.3) is 0 Å². The molecule has 0 saturated heterocycles. The standard InChI is InChI=1S/C13H15ClN2O2S2/c14-13-5-4-12(19-13)8-16-20(17,18)9-11-3-1-2-10(6-11)7-15/h1-6,16H,7-9,15H2. The third kappa shape index (κ3) is 4.57. The van der Waals surface area contributed by atoms with Gasteiger partial charge in [-0.15, -0.1) is 11.3 Å². The van der Waals surface area contributed by atoms with Crippen LogP contribution < -0.4 is 10.5 Å². The Balaban J connectivity index is 1.99. The van der Waals surface area contributed by atoms with Crippen LogP contribution in [-0.4, -0.2) is 8.42 Å². The molecule has 0 amide bonds. The molecule has 3 N–H and O–H groups in total. The van der Waals surface area contributed by atoms with Gasteiger partial charge in [0.2, 0.25) is 10.0 Å². The lowest BCUT2D eigenvalue weighted by atomic mass is 10.1. The summed E-state index contributed by atoms with van der Waals surface area (Å²) in [5.74, 6) is -0.0556. The molecule has 0 spiro atoms. The van der Waals surface area contributed by atoms with E-state index in [0.717, 1.165) is 16.0 Å². The molecule has 108 valence electrons. The number of nitrogens with one attached hydrogen (secondary N) is 1. The molecule has 7 heteroatoms. The lowest BCUT2D eigenvalue weighted by Gasteiger charge is -2.07. The van der Waals surface area contributed by atoms with Crippen LogP contribution in [0.4, 0.5) is 0 Å². The maximum atomic E-state index is 12.0. The fraction of sp³-hybridized carbons (Fsp3) is 0.231. The summed E-state index contributed by atoms with van der Waals surface area (Å²) in [5.41, 5.74) is 7.19. The molecule has 1 aromatic carbocycles. The van der Waals surface area contributed by atoms with Crippen molar-refractivity contribution in [2.75, 3.05) is 0 Å². The summed E-state index contributed by atoms with van der Waals surface area (Å²) in [6.07, 6.45) is 0. The van der Waals surface area contributed by atoms with Gasteiger partial charge in [-0.05, 0) is 23.3 Å². The third-order valence-corrected chi connectivity index (χ3v) is 5.21. The van der Waals surface area contributed by atoms with Gasteiger partial charge < -0.3 is 5.73 Å². The first-order chi connectivity index (χ1) is 9.48. The molecule has 0 bridgehead atoms. The summed E-state index contributed by atoms with van der Waals surface area (Å²) < 4.78 is 27.2. The van der Waals surface area contributed by atoms with Crippen LogP contribution >= 0.6 is 22.9 Å². The van der Waals surface area contributed by atoms with Crippen molar-refractivity contribution < 1.29 is 8.42 Å².